The van der Waals surface area contributed by atoms with Crippen molar-refractivity contribution in [2.45, 2.75) is 44.7 Å². The Kier molecular flexibility index (Phi) is 5.05. The zero-order chi connectivity index (χ0) is 16.3. The summed E-state index contributed by atoms with van der Waals surface area (Å²) in [6.45, 7) is 4.07. The third kappa shape index (κ3) is 3.76. The van der Waals surface area contributed by atoms with Gasteiger partial charge in [-0.25, -0.2) is 9.97 Å². The monoisotopic (exact) mass is 323 g/mol. The van der Waals surface area contributed by atoms with E-state index in [1.165, 1.54) is 11.8 Å². The molecule has 1 aliphatic carbocycles. The molecule has 0 saturated heterocycles. The number of aromatic nitrogens is 2. The number of aryl methyl sites for hydroxylation is 2. The maximum absolute atomic E-state index is 11.9. The van der Waals surface area contributed by atoms with E-state index >= 15 is 0 Å². The molecule has 0 spiro atoms. The number of hydrogen-bond acceptors (Lipinski definition) is 5. The van der Waals surface area contributed by atoms with Crippen LogP contribution in [0.2, 0.25) is 0 Å². The first kappa shape index (κ1) is 16.7. The van der Waals surface area contributed by atoms with Gasteiger partial charge < -0.3 is 10.4 Å². The highest BCUT2D eigenvalue weighted by atomic mass is 32.2. The maximum atomic E-state index is 11.9. The van der Waals surface area contributed by atoms with Gasteiger partial charge in [0.25, 0.3) is 0 Å². The fourth-order valence-corrected chi connectivity index (χ4v) is 2.83. The second kappa shape index (κ2) is 6.64. The second-order valence-electron chi connectivity index (χ2n) is 5.72. The fraction of sp³-hybridized carbons (Fsp3) is 0.600. The van der Waals surface area contributed by atoms with Gasteiger partial charge in [-0.1, -0.05) is 11.8 Å². The summed E-state index contributed by atoms with van der Waals surface area (Å²) in [6, 6.07) is 0. The minimum atomic E-state index is -0.819. The lowest BCUT2D eigenvalue weighted by Crippen LogP contribution is -2.34. The number of nitrogens with zero attached hydrogens (tertiary/aromatic N) is 2. The Morgan fingerprint density at radius 3 is 2.32 bits per heavy atom. The Bertz CT molecular complexity index is 577. The van der Waals surface area contributed by atoms with Crippen LogP contribution >= 0.6 is 11.8 Å². The SMILES string of the molecule is CSc1nc(C)c(CCC(=O)NCC2(C(=O)O)CC2)c(C)n1. The van der Waals surface area contributed by atoms with Gasteiger partial charge in [-0.05, 0) is 44.9 Å². The lowest BCUT2D eigenvalue weighted by Gasteiger charge is -2.12. The van der Waals surface area contributed by atoms with Gasteiger partial charge in [-0.3, -0.25) is 9.59 Å². The molecule has 7 heteroatoms. The molecule has 0 aromatic carbocycles. The van der Waals surface area contributed by atoms with Gasteiger partial charge in [0.15, 0.2) is 5.16 Å². The van der Waals surface area contributed by atoms with Gasteiger partial charge in [0, 0.05) is 24.4 Å². The molecule has 1 saturated carbocycles. The van der Waals surface area contributed by atoms with Crippen molar-refractivity contribution in [2.75, 3.05) is 12.8 Å². The van der Waals surface area contributed by atoms with Crippen molar-refractivity contribution in [3.8, 4) is 0 Å². The van der Waals surface area contributed by atoms with Gasteiger partial charge in [0.1, 0.15) is 0 Å². The molecule has 1 heterocycles. The molecule has 1 aromatic rings. The van der Waals surface area contributed by atoms with Crippen molar-refractivity contribution >= 4 is 23.6 Å². The highest BCUT2D eigenvalue weighted by Crippen LogP contribution is 2.45. The summed E-state index contributed by atoms with van der Waals surface area (Å²) >= 11 is 1.49. The third-order valence-corrected chi connectivity index (χ3v) is 4.66. The molecule has 1 aromatic heterocycles. The van der Waals surface area contributed by atoms with E-state index in [2.05, 4.69) is 15.3 Å². The van der Waals surface area contributed by atoms with Crippen LogP contribution in [0.1, 0.15) is 36.2 Å². The first-order chi connectivity index (χ1) is 10.4. The zero-order valence-corrected chi connectivity index (χ0v) is 13.9. The summed E-state index contributed by atoms with van der Waals surface area (Å²) in [5.74, 6) is -0.944. The van der Waals surface area contributed by atoms with Crippen LogP contribution in [0.15, 0.2) is 5.16 Å². The van der Waals surface area contributed by atoms with Crippen LogP contribution in [0, 0.1) is 19.3 Å². The number of aliphatic carboxylic acids is 1. The van der Waals surface area contributed by atoms with Gasteiger partial charge in [0.05, 0.1) is 5.41 Å². The van der Waals surface area contributed by atoms with E-state index in [1.54, 1.807) is 0 Å². The number of carboxylic acid groups (broad SMARTS) is 1. The van der Waals surface area contributed by atoms with Crippen LogP contribution in [0.5, 0.6) is 0 Å². The number of amides is 1. The number of thioether (sulfide) groups is 1. The van der Waals surface area contributed by atoms with E-state index in [4.69, 9.17) is 5.11 Å². The lowest BCUT2D eigenvalue weighted by molar-refractivity contribution is -0.143. The van der Waals surface area contributed by atoms with E-state index < -0.39 is 11.4 Å². The topological polar surface area (TPSA) is 92.2 Å². The standard InChI is InChI=1S/C15H21N3O3S/c1-9-11(10(2)18-14(17-9)22-3)4-5-12(19)16-8-15(6-7-15)13(20)21/h4-8H2,1-3H3,(H,16,19)(H,20,21). The first-order valence-corrected chi connectivity index (χ1v) is 8.48. The zero-order valence-electron chi connectivity index (χ0n) is 13.1. The Balaban J connectivity index is 1.88. The molecule has 0 unspecified atom stereocenters. The number of carbonyl (C=O) groups excluding carboxylic acids is 1. The largest absolute Gasteiger partial charge is 0.481 e. The minimum Gasteiger partial charge on any atom is -0.481 e. The molecule has 1 amide bonds. The molecular weight excluding hydrogens is 302 g/mol. The van der Waals surface area contributed by atoms with E-state index in [-0.39, 0.29) is 12.5 Å². The van der Waals surface area contributed by atoms with E-state index in [0.29, 0.717) is 25.7 Å². The molecule has 1 aliphatic rings. The smallest absolute Gasteiger partial charge is 0.311 e. The minimum absolute atomic E-state index is 0.125. The average molecular weight is 323 g/mol. The number of carboxylic acids is 1. The summed E-state index contributed by atoms with van der Waals surface area (Å²) in [5.41, 5.74) is 2.07. The Labute approximate surface area is 134 Å². The van der Waals surface area contributed by atoms with Crippen molar-refractivity contribution < 1.29 is 14.7 Å². The van der Waals surface area contributed by atoms with Gasteiger partial charge in [-0.2, -0.15) is 0 Å². The molecule has 0 aliphatic heterocycles. The maximum Gasteiger partial charge on any atom is 0.311 e. The van der Waals surface area contributed by atoms with Crippen molar-refractivity contribution in [1.29, 1.82) is 0 Å². The van der Waals surface area contributed by atoms with Crippen LogP contribution < -0.4 is 5.32 Å². The molecule has 1 fully saturated rings. The van der Waals surface area contributed by atoms with Crippen molar-refractivity contribution in [3.63, 3.8) is 0 Å². The summed E-state index contributed by atoms with van der Waals surface area (Å²) in [5, 5.41) is 12.5. The molecule has 22 heavy (non-hydrogen) atoms. The number of nitrogens with one attached hydrogen (secondary N) is 1. The van der Waals surface area contributed by atoms with Gasteiger partial charge >= 0.3 is 5.97 Å². The normalized spacial score (nSPS) is 15.4. The quantitative estimate of drug-likeness (QED) is 0.586. The number of hydrogen-bond donors (Lipinski definition) is 2. The van der Waals surface area contributed by atoms with E-state index in [1.807, 2.05) is 20.1 Å². The second-order valence-corrected chi connectivity index (χ2v) is 6.50. The lowest BCUT2D eigenvalue weighted by atomic mass is 10.1. The summed E-state index contributed by atoms with van der Waals surface area (Å²) in [7, 11) is 0. The highest BCUT2D eigenvalue weighted by molar-refractivity contribution is 7.98. The molecular formula is C15H21N3O3S. The first-order valence-electron chi connectivity index (χ1n) is 7.26. The molecule has 0 radical (unpaired) electrons. The van der Waals surface area contributed by atoms with Crippen LogP contribution in [-0.4, -0.2) is 39.8 Å². The summed E-state index contributed by atoms with van der Waals surface area (Å²) in [6.07, 6.45) is 4.10. The van der Waals surface area contributed by atoms with Gasteiger partial charge in [-0.15, -0.1) is 0 Å². The molecule has 0 bridgehead atoms. The third-order valence-electron chi connectivity index (χ3n) is 4.12. The van der Waals surface area contributed by atoms with Crippen molar-refractivity contribution in [2.24, 2.45) is 5.41 Å². The van der Waals surface area contributed by atoms with Crippen LogP contribution in [0.4, 0.5) is 0 Å². The molecule has 0 atom stereocenters. The van der Waals surface area contributed by atoms with Crippen LogP contribution in [-0.2, 0) is 16.0 Å². The van der Waals surface area contributed by atoms with Crippen LogP contribution in [0.25, 0.3) is 0 Å². The van der Waals surface area contributed by atoms with E-state index in [0.717, 1.165) is 22.1 Å². The van der Waals surface area contributed by atoms with Crippen molar-refractivity contribution in [1.82, 2.24) is 15.3 Å². The predicted octanol–water partition coefficient (Wildman–Crippen LogP) is 1.73. The predicted molar refractivity (Wildman–Crippen MR) is 83.9 cm³/mol. The van der Waals surface area contributed by atoms with E-state index in [9.17, 15) is 9.59 Å². The molecule has 2 rings (SSSR count). The fourth-order valence-electron chi connectivity index (χ4n) is 2.37. The Morgan fingerprint density at radius 2 is 1.86 bits per heavy atom. The molecule has 2 N–H and O–H groups in total. The summed E-state index contributed by atoms with van der Waals surface area (Å²) < 4.78 is 0. The number of carbonyl (C=O) groups is 2. The molecule has 6 nitrogen and oxygen atoms in total. The Hall–Kier alpha value is -1.63. The average Bonchev–Trinajstić information content (AvgIpc) is 3.25. The van der Waals surface area contributed by atoms with Crippen LogP contribution in [0.3, 0.4) is 0 Å². The Morgan fingerprint density at radius 1 is 1.27 bits per heavy atom. The van der Waals surface area contributed by atoms with Crippen molar-refractivity contribution in [3.05, 3.63) is 17.0 Å². The highest BCUT2D eigenvalue weighted by Gasteiger charge is 2.50. The number of rotatable bonds is 7. The van der Waals surface area contributed by atoms with Gasteiger partial charge in [0.2, 0.25) is 5.91 Å². The summed E-state index contributed by atoms with van der Waals surface area (Å²) in [4.78, 5) is 31.7. The molecule has 120 valence electrons.